The van der Waals surface area contributed by atoms with Gasteiger partial charge >= 0.3 is 145 Å². The molecule has 24 heavy (non-hydrogen) atoms. The fourth-order valence-corrected chi connectivity index (χ4v) is 4.88. The summed E-state index contributed by atoms with van der Waals surface area (Å²) in [7, 11) is -2.63. The molecule has 128 valence electrons. The van der Waals surface area contributed by atoms with Gasteiger partial charge in [0.25, 0.3) is 0 Å². The van der Waals surface area contributed by atoms with Crippen molar-refractivity contribution >= 4 is 41.4 Å². The van der Waals surface area contributed by atoms with E-state index < -0.39 is 16.1 Å². The van der Waals surface area contributed by atoms with Gasteiger partial charge in [0.2, 0.25) is 0 Å². The Bertz CT molecular complexity index is 859. The van der Waals surface area contributed by atoms with Crippen molar-refractivity contribution in [2.45, 2.75) is 17.6 Å². The number of hydrogen-bond donors (Lipinski definition) is 2. The van der Waals surface area contributed by atoms with Crippen molar-refractivity contribution in [2.75, 3.05) is 12.4 Å². The number of nitrogens with zero attached hydrogens (tertiary/aromatic N) is 3. The van der Waals surface area contributed by atoms with Gasteiger partial charge in [0.05, 0.1) is 0 Å². The van der Waals surface area contributed by atoms with Gasteiger partial charge in [-0.15, -0.1) is 0 Å². The summed E-state index contributed by atoms with van der Waals surface area (Å²) in [5.41, 5.74) is 0. The molecule has 0 atom stereocenters. The topological polar surface area (TPSA) is 123 Å². The number of aromatic nitrogens is 3. The molecule has 2 N–H and O–H groups in total. The van der Waals surface area contributed by atoms with Crippen molar-refractivity contribution in [3.8, 4) is 6.01 Å². The Morgan fingerprint density at radius 3 is 2.58 bits per heavy atom. The average molecular weight is 416 g/mol. The zero-order valence-corrected chi connectivity index (χ0v) is 15.6. The molecule has 2 aromatic rings. The summed E-state index contributed by atoms with van der Waals surface area (Å²) in [6.07, 6.45) is 0. The van der Waals surface area contributed by atoms with E-state index in [1.54, 1.807) is 25.1 Å². The molecule has 0 unspecified atom stereocenters. The minimum absolute atomic E-state index is 0.0136. The number of amides is 2. The van der Waals surface area contributed by atoms with Crippen LogP contribution in [-0.2, 0) is 10.0 Å². The third-order valence-corrected chi connectivity index (χ3v) is 6.07. The molecule has 2 amide bonds. The number of carbonyl (C=O) groups is 1. The van der Waals surface area contributed by atoms with Crippen LogP contribution < -0.4 is 19.2 Å². The Morgan fingerprint density at radius 1 is 1.21 bits per heavy atom. The monoisotopic (exact) mass is 417 g/mol. The molecule has 1 aromatic heterocycles. The van der Waals surface area contributed by atoms with Crippen molar-refractivity contribution in [3.63, 3.8) is 0 Å². The van der Waals surface area contributed by atoms with Crippen molar-refractivity contribution < 1.29 is 17.9 Å². The molecule has 1 heterocycles. The van der Waals surface area contributed by atoms with Crippen LogP contribution in [0.5, 0.6) is 6.01 Å². The molecule has 0 aliphatic heterocycles. The zero-order valence-electron chi connectivity index (χ0n) is 13.1. The second-order valence-corrected chi connectivity index (χ2v) is 7.83. The molecule has 0 saturated carbocycles. The Labute approximate surface area is 145 Å². The number of methoxy groups -OCH3 is 1. The number of aryl methyl sites for hydroxylation is 1. The molecule has 0 spiro atoms. The van der Waals surface area contributed by atoms with Crippen LogP contribution in [0.4, 0.5) is 10.7 Å². The number of hydrogen-bond acceptors (Lipinski definition) is 7. The van der Waals surface area contributed by atoms with E-state index in [0.29, 0.717) is 10.3 Å². The van der Waals surface area contributed by atoms with Crippen molar-refractivity contribution in [1.82, 2.24) is 19.7 Å². The summed E-state index contributed by atoms with van der Waals surface area (Å²) >= 11 is -0.0412. The summed E-state index contributed by atoms with van der Waals surface area (Å²) in [4.78, 5) is 23.6. The van der Waals surface area contributed by atoms with Crippen LogP contribution in [0.1, 0.15) is 5.82 Å². The molecule has 9 nitrogen and oxygen atoms in total. The summed E-state index contributed by atoms with van der Waals surface area (Å²) in [5.74, 6) is 2.10. The number of nitrogens with one attached hydrogen (secondary N) is 2. The van der Waals surface area contributed by atoms with E-state index in [9.17, 15) is 13.2 Å². The first kappa shape index (κ1) is 18.1. The SMILES string of the molecule is COc1nc(C)nc(NC(=O)NS(=O)(=O)c2ccccc2[Se]C)n1. The predicted octanol–water partition coefficient (Wildman–Crippen LogP) is 0.0766. The van der Waals surface area contributed by atoms with E-state index in [4.69, 9.17) is 4.74 Å². The molecule has 0 bridgehead atoms. The standard InChI is InChI=1S/C13H15N5O4SSe/c1-8-14-11(17-13(15-8)22-2)16-12(19)18-23(20,21)9-6-4-5-7-10(9)24-3/h4-7H,1-3H3,(H2,14,15,16,17,18,19). The summed E-state index contributed by atoms with van der Waals surface area (Å²) in [6.45, 7) is 1.59. The van der Waals surface area contributed by atoms with Crippen molar-refractivity contribution in [2.24, 2.45) is 0 Å². The Balaban J connectivity index is 2.18. The molecule has 2 rings (SSSR count). The maximum atomic E-state index is 12.4. The molecule has 0 fully saturated rings. The van der Waals surface area contributed by atoms with E-state index in [2.05, 4.69) is 20.3 Å². The van der Waals surface area contributed by atoms with E-state index >= 15 is 0 Å². The molecule has 0 saturated heterocycles. The average Bonchev–Trinajstić information content (AvgIpc) is 2.53. The molecule has 11 heteroatoms. The molecule has 0 radical (unpaired) electrons. The normalized spacial score (nSPS) is 11.0. The quantitative estimate of drug-likeness (QED) is 0.662. The minimum atomic E-state index is -4.00. The summed E-state index contributed by atoms with van der Waals surface area (Å²) in [6, 6.07) is 5.56. The first-order valence-electron chi connectivity index (χ1n) is 6.59. The number of carbonyl (C=O) groups excluding carboxylic acids is 1. The van der Waals surface area contributed by atoms with Gasteiger partial charge < -0.3 is 0 Å². The van der Waals surface area contributed by atoms with Gasteiger partial charge in [-0.25, -0.2) is 0 Å². The Hall–Kier alpha value is -2.23. The fraction of sp³-hybridized carbons (Fsp3) is 0.231. The van der Waals surface area contributed by atoms with Crippen LogP contribution in [-0.4, -0.2) is 51.5 Å². The van der Waals surface area contributed by atoms with Crippen LogP contribution in [0.3, 0.4) is 0 Å². The van der Waals surface area contributed by atoms with Gasteiger partial charge in [0, 0.05) is 0 Å². The number of urea groups is 1. The number of ether oxygens (including phenoxy) is 1. The number of rotatable bonds is 5. The fourth-order valence-electron chi connectivity index (χ4n) is 1.75. The number of anilines is 1. The molecule has 1 aromatic carbocycles. The Kier molecular flexibility index (Phi) is 5.71. The first-order chi connectivity index (χ1) is 11.4. The second kappa shape index (κ2) is 7.56. The summed E-state index contributed by atoms with van der Waals surface area (Å²) < 4.78 is 32.2. The predicted molar refractivity (Wildman–Crippen MR) is 88.2 cm³/mol. The molecule has 0 aliphatic rings. The third-order valence-electron chi connectivity index (χ3n) is 2.72. The van der Waals surface area contributed by atoms with Gasteiger partial charge in [-0.1, -0.05) is 0 Å². The van der Waals surface area contributed by atoms with Crippen molar-refractivity contribution in [1.29, 1.82) is 0 Å². The zero-order chi connectivity index (χ0) is 17.7. The number of benzene rings is 1. The molecular formula is C13H15N5O4SSe. The van der Waals surface area contributed by atoms with Crippen molar-refractivity contribution in [3.05, 3.63) is 30.1 Å². The van der Waals surface area contributed by atoms with Crippen LogP contribution in [0.25, 0.3) is 0 Å². The maximum absolute atomic E-state index is 12.4. The van der Waals surface area contributed by atoms with E-state index in [1.807, 2.05) is 10.5 Å². The Morgan fingerprint density at radius 2 is 1.92 bits per heavy atom. The van der Waals surface area contributed by atoms with E-state index in [0.717, 1.165) is 0 Å². The van der Waals surface area contributed by atoms with Gasteiger partial charge in [-0.2, -0.15) is 0 Å². The summed E-state index contributed by atoms with van der Waals surface area (Å²) in [5, 5.41) is 2.25. The van der Waals surface area contributed by atoms with Crippen LogP contribution in [0.2, 0.25) is 5.82 Å². The van der Waals surface area contributed by atoms with Crippen LogP contribution in [0.15, 0.2) is 29.2 Å². The number of sulfonamides is 1. The van der Waals surface area contributed by atoms with E-state index in [-0.39, 0.29) is 31.8 Å². The third kappa shape index (κ3) is 4.40. The van der Waals surface area contributed by atoms with Gasteiger partial charge in [0.15, 0.2) is 0 Å². The van der Waals surface area contributed by atoms with E-state index in [1.165, 1.54) is 13.2 Å². The van der Waals surface area contributed by atoms with Gasteiger partial charge in [0.1, 0.15) is 0 Å². The molecule has 0 aliphatic carbocycles. The second-order valence-electron chi connectivity index (χ2n) is 4.40. The van der Waals surface area contributed by atoms with Gasteiger partial charge in [-0.05, 0) is 0 Å². The van der Waals surface area contributed by atoms with Crippen LogP contribution in [0, 0.1) is 6.92 Å². The molecular weight excluding hydrogens is 401 g/mol. The van der Waals surface area contributed by atoms with Crippen LogP contribution >= 0.6 is 0 Å². The first-order valence-corrected chi connectivity index (χ1v) is 10.6. The van der Waals surface area contributed by atoms with Gasteiger partial charge in [-0.3, -0.25) is 0 Å².